The van der Waals surface area contributed by atoms with Crippen LogP contribution >= 0.6 is 0 Å². The summed E-state index contributed by atoms with van der Waals surface area (Å²) < 4.78 is 0. The third-order valence-electron chi connectivity index (χ3n) is 1.88. The number of carboxylic acid groups (broad SMARTS) is 1. The standard InChI is InChI=1S/C10H14N2O2/c1-3-8-6-7(2)11-9(12-8)4-5-10(13)14/h6H,3-5H2,1-2H3,(H,13,14). The maximum Gasteiger partial charge on any atom is 0.303 e. The van der Waals surface area contributed by atoms with Crippen molar-refractivity contribution in [2.45, 2.75) is 33.1 Å². The molecule has 1 aromatic rings. The van der Waals surface area contributed by atoms with Crippen molar-refractivity contribution >= 4 is 5.97 Å². The SMILES string of the molecule is CCc1cc(C)nc(CCC(=O)O)n1. The number of aliphatic carboxylic acids is 1. The van der Waals surface area contributed by atoms with E-state index < -0.39 is 5.97 Å². The van der Waals surface area contributed by atoms with Crippen molar-refractivity contribution in [3.63, 3.8) is 0 Å². The molecular weight excluding hydrogens is 180 g/mol. The van der Waals surface area contributed by atoms with Crippen LogP contribution in [0.5, 0.6) is 0 Å². The lowest BCUT2D eigenvalue weighted by Gasteiger charge is -2.02. The Hall–Kier alpha value is -1.45. The first-order valence-corrected chi connectivity index (χ1v) is 4.67. The molecule has 1 N–H and O–H groups in total. The summed E-state index contributed by atoms with van der Waals surface area (Å²) in [5.74, 6) is -0.183. The van der Waals surface area contributed by atoms with Crippen LogP contribution in [0.25, 0.3) is 0 Å². The van der Waals surface area contributed by atoms with Gasteiger partial charge in [0.05, 0.1) is 6.42 Å². The summed E-state index contributed by atoms with van der Waals surface area (Å²) in [7, 11) is 0. The summed E-state index contributed by atoms with van der Waals surface area (Å²) in [5, 5.41) is 8.52. The molecule has 0 saturated carbocycles. The van der Waals surface area contributed by atoms with E-state index in [1.807, 2.05) is 19.9 Å². The molecule has 0 amide bonds. The molecule has 0 unspecified atom stereocenters. The molecule has 0 radical (unpaired) electrons. The van der Waals surface area contributed by atoms with Crippen LogP contribution in [-0.4, -0.2) is 21.0 Å². The van der Waals surface area contributed by atoms with E-state index in [0.29, 0.717) is 12.2 Å². The van der Waals surface area contributed by atoms with Gasteiger partial charge in [-0.15, -0.1) is 0 Å². The van der Waals surface area contributed by atoms with Gasteiger partial charge >= 0.3 is 5.97 Å². The van der Waals surface area contributed by atoms with E-state index in [2.05, 4.69) is 9.97 Å². The fraction of sp³-hybridized carbons (Fsp3) is 0.500. The van der Waals surface area contributed by atoms with Crippen molar-refractivity contribution in [2.75, 3.05) is 0 Å². The Kier molecular flexibility index (Phi) is 3.56. The van der Waals surface area contributed by atoms with E-state index in [-0.39, 0.29) is 6.42 Å². The number of aromatic nitrogens is 2. The summed E-state index contributed by atoms with van der Waals surface area (Å²) in [5.41, 5.74) is 1.87. The summed E-state index contributed by atoms with van der Waals surface area (Å²) >= 11 is 0. The summed E-state index contributed by atoms with van der Waals surface area (Å²) in [6.45, 7) is 3.91. The zero-order valence-electron chi connectivity index (χ0n) is 8.45. The van der Waals surface area contributed by atoms with Crippen LogP contribution in [0.15, 0.2) is 6.07 Å². The Bertz CT molecular complexity index is 337. The van der Waals surface area contributed by atoms with E-state index >= 15 is 0 Å². The second-order valence-corrected chi connectivity index (χ2v) is 3.16. The summed E-state index contributed by atoms with van der Waals surface area (Å²) in [6, 6.07) is 1.92. The van der Waals surface area contributed by atoms with Gasteiger partial charge in [-0.1, -0.05) is 6.92 Å². The number of carboxylic acids is 1. The number of carbonyl (C=O) groups is 1. The quantitative estimate of drug-likeness (QED) is 0.786. The number of aryl methyl sites for hydroxylation is 3. The molecular formula is C10H14N2O2. The predicted octanol–water partition coefficient (Wildman–Crippen LogP) is 1.36. The lowest BCUT2D eigenvalue weighted by molar-refractivity contribution is -0.137. The second kappa shape index (κ2) is 4.69. The first-order valence-electron chi connectivity index (χ1n) is 4.67. The first-order chi connectivity index (χ1) is 6.61. The van der Waals surface area contributed by atoms with Crippen molar-refractivity contribution in [1.82, 2.24) is 9.97 Å². The van der Waals surface area contributed by atoms with Gasteiger partial charge in [0.2, 0.25) is 0 Å². The highest BCUT2D eigenvalue weighted by Crippen LogP contribution is 2.03. The van der Waals surface area contributed by atoms with Crippen LogP contribution in [0.4, 0.5) is 0 Å². The Morgan fingerprint density at radius 1 is 1.50 bits per heavy atom. The molecule has 4 nitrogen and oxygen atoms in total. The van der Waals surface area contributed by atoms with E-state index in [4.69, 9.17) is 5.11 Å². The first kappa shape index (κ1) is 10.6. The highest BCUT2D eigenvalue weighted by atomic mass is 16.4. The van der Waals surface area contributed by atoms with Gasteiger partial charge in [0.15, 0.2) is 0 Å². The van der Waals surface area contributed by atoms with Crippen LogP contribution in [0, 0.1) is 6.92 Å². The molecule has 0 aliphatic heterocycles. The Labute approximate surface area is 83.0 Å². The van der Waals surface area contributed by atoms with E-state index in [0.717, 1.165) is 17.8 Å². The molecule has 0 aliphatic rings. The zero-order chi connectivity index (χ0) is 10.6. The summed E-state index contributed by atoms with van der Waals surface area (Å²) in [6.07, 6.45) is 1.35. The van der Waals surface area contributed by atoms with Crippen LogP contribution in [0.3, 0.4) is 0 Å². The lowest BCUT2D eigenvalue weighted by atomic mass is 10.2. The normalized spacial score (nSPS) is 10.1. The van der Waals surface area contributed by atoms with Gasteiger partial charge in [-0.05, 0) is 19.4 Å². The molecule has 0 saturated heterocycles. The largest absolute Gasteiger partial charge is 0.481 e. The third kappa shape index (κ3) is 3.12. The van der Waals surface area contributed by atoms with Crippen molar-refractivity contribution in [2.24, 2.45) is 0 Å². The fourth-order valence-electron chi connectivity index (χ4n) is 1.21. The minimum absolute atomic E-state index is 0.0899. The molecule has 0 bridgehead atoms. The molecule has 14 heavy (non-hydrogen) atoms. The van der Waals surface area contributed by atoms with Crippen molar-refractivity contribution in [3.8, 4) is 0 Å². The topological polar surface area (TPSA) is 63.1 Å². The molecule has 76 valence electrons. The highest BCUT2D eigenvalue weighted by molar-refractivity contribution is 5.66. The maximum atomic E-state index is 10.4. The smallest absolute Gasteiger partial charge is 0.303 e. The molecule has 0 atom stereocenters. The van der Waals surface area contributed by atoms with Gasteiger partial charge in [0.1, 0.15) is 5.82 Å². The van der Waals surface area contributed by atoms with Gasteiger partial charge in [0.25, 0.3) is 0 Å². The van der Waals surface area contributed by atoms with Crippen LogP contribution in [0.1, 0.15) is 30.6 Å². The molecule has 1 rings (SSSR count). The second-order valence-electron chi connectivity index (χ2n) is 3.16. The monoisotopic (exact) mass is 194 g/mol. The van der Waals surface area contributed by atoms with Crippen molar-refractivity contribution in [1.29, 1.82) is 0 Å². The van der Waals surface area contributed by atoms with Crippen molar-refractivity contribution < 1.29 is 9.90 Å². The number of hydrogen-bond donors (Lipinski definition) is 1. The molecule has 1 heterocycles. The third-order valence-corrected chi connectivity index (χ3v) is 1.88. The molecule has 0 aliphatic carbocycles. The van der Waals surface area contributed by atoms with E-state index in [1.54, 1.807) is 0 Å². The molecule has 1 aromatic heterocycles. The Balaban J connectivity index is 2.76. The van der Waals surface area contributed by atoms with Crippen LogP contribution < -0.4 is 0 Å². The minimum Gasteiger partial charge on any atom is -0.481 e. The minimum atomic E-state index is -0.812. The average Bonchev–Trinajstić information content (AvgIpc) is 2.14. The van der Waals surface area contributed by atoms with E-state index in [1.165, 1.54) is 0 Å². The van der Waals surface area contributed by atoms with E-state index in [9.17, 15) is 4.79 Å². The average molecular weight is 194 g/mol. The summed E-state index contributed by atoms with van der Waals surface area (Å²) in [4.78, 5) is 18.8. The lowest BCUT2D eigenvalue weighted by Crippen LogP contribution is -2.04. The number of rotatable bonds is 4. The zero-order valence-corrected chi connectivity index (χ0v) is 8.45. The molecule has 0 aromatic carbocycles. The van der Waals surface area contributed by atoms with Crippen molar-refractivity contribution in [3.05, 3.63) is 23.3 Å². The molecule has 0 spiro atoms. The van der Waals surface area contributed by atoms with Gasteiger partial charge in [-0.25, -0.2) is 9.97 Å². The predicted molar refractivity (Wildman–Crippen MR) is 52.1 cm³/mol. The van der Waals surface area contributed by atoms with Gasteiger partial charge in [-0.3, -0.25) is 4.79 Å². The van der Waals surface area contributed by atoms with Crippen LogP contribution in [0.2, 0.25) is 0 Å². The number of hydrogen-bond acceptors (Lipinski definition) is 3. The highest BCUT2D eigenvalue weighted by Gasteiger charge is 2.03. The maximum absolute atomic E-state index is 10.4. The van der Waals surface area contributed by atoms with Gasteiger partial charge in [0, 0.05) is 17.8 Å². The molecule has 0 fully saturated rings. The number of nitrogens with zero attached hydrogens (tertiary/aromatic N) is 2. The Morgan fingerprint density at radius 3 is 2.79 bits per heavy atom. The van der Waals surface area contributed by atoms with Crippen LogP contribution in [-0.2, 0) is 17.6 Å². The van der Waals surface area contributed by atoms with Gasteiger partial charge < -0.3 is 5.11 Å². The Morgan fingerprint density at radius 2 is 2.21 bits per heavy atom. The molecule has 4 heteroatoms. The fourth-order valence-corrected chi connectivity index (χ4v) is 1.21. The van der Waals surface area contributed by atoms with Gasteiger partial charge in [-0.2, -0.15) is 0 Å².